The van der Waals surface area contributed by atoms with Crippen LogP contribution in [0.15, 0.2) is 12.2 Å². The predicted molar refractivity (Wildman–Crippen MR) is 45.3 cm³/mol. The van der Waals surface area contributed by atoms with Gasteiger partial charge in [0.15, 0.2) is 0 Å². The highest BCUT2D eigenvalue weighted by Crippen LogP contribution is 2.02. The molecule has 0 N–H and O–H groups in total. The van der Waals surface area contributed by atoms with E-state index in [2.05, 4.69) is 6.58 Å². The summed E-state index contributed by atoms with van der Waals surface area (Å²) in [6.45, 7) is 9.30. The van der Waals surface area contributed by atoms with Crippen molar-refractivity contribution in [3.63, 3.8) is 0 Å². The minimum atomic E-state index is -0.136. The van der Waals surface area contributed by atoms with Crippen LogP contribution in [0.25, 0.3) is 0 Å². The minimum Gasteiger partial charge on any atom is -0.463 e. The number of carbonyl (C=O) groups excluding carboxylic acids is 1. The molecule has 0 bridgehead atoms. The van der Waals surface area contributed by atoms with E-state index in [0.717, 1.165) is 12.0 Å². The first-order chi connectivity index (χ1) is 5.02. The van der Waals surface area contributed by atoms with Gasteiger partial charge in [-0.25, -0.2) is 0 Å². The number of carbonyl (C=O) groups is 1. The van der Waals surface area contributed by atoms with Crippen molar-refractivity contribution in [1.29, 1.82) is 0 Å². The van der Waals surface area contributed by atoms with Gasteiger partial charge < -0.3 is 4.74 Å². The van der Waals surface area contributed by atoms with Gasteiger partial charge in [0, 0.05) is 6.42 Å². The van der Waals surface area contributed by atoms with E-state index in [1.165, 1.54) is 0 Å². The Morgan fingerprint density at radius 1 is 1.45 bits per heavy atom. The second kappa shape index (κ2) is 4.94. The summed E-state index contributed by atoms with van der Waals surface area (Å²) in [6, 6.07) is 0. The Morgan fingerprint density at radius 2 is 2.00 bits per heavy atom. The average molecular weight is 156 g/mol. The summed E-state index contributed by atoms with van der Waals surface area (Å²) in [6.07, 6.45) is 1.17. The number of allylic oxidation sites excluding steroid dienone is 1. The lowest BCUT2D eigenvalue weighted by Crippen LogP contribution is -2.10. The molecule has 0 aromatic rings. The molecule has 64 valence electrons. The van der Waals surface area contributed by atoms with Gasteiger partial charge in [0.1, 0.15) is 0 Å². The van der Waals surface area contributed by atoms with Crippen molar-refractivity contribution in [3.05, 3.63) is 12.2 Å². The van der Waals surface area contributed by atoms with Gasteiger partial charge in [-0.05, 0) is 27.2 Å². The number of ether oxygens (including phenoxy) is 1. The molecule has 0 aromatic carbocycles. The molecule has 0 radical (unpaired) electrons. The minimum absolute atomic E-state index is 0.00683. The zero-order valence-electron chi connectivity index (χ0n) is 7.52. The van der Waals surface area contributed by atoms with Gasteiger partial charge in [0.25, 0.3) is 0 Å². The molecule has 0 rings (SSSR count). The maximum Gasteiger partial charge on any atom is 0.306 e. The summed E-state index contributed by atoms with van der Waals surface area (Å²) in [7, 11) is 0. The Labute approximate surface area is 68.2 Å². The fourth-order valence-electron chi connectivity index (χ4n) is 0.637. The third kappa shape index (κ3) is 7.10. The van der Waals surface area contributed by atoms with Crippen LogP contribution in [0, 0.1) is 0 Å². The Morgan fingerprint density at radius 3 is 2.36 bits per heavy atom. The molecular formula is C9H16O2. The molecule has 0 saturated carbocycles. The van der Waals surface area contributed by atoms with Crippen LogP contribution >= 0.6 is 0 Å². The number of hydrogen-bond donors (Lipinski definition) is 0. The average Bonchev–Trinajstić information content (AvgIpc) is 1.82. The highest BCUT2D eigenvalue weighted by atomic mass is 16.5. The molecule has 0 saturated heterocycles. The van der Waals surface area contributed by atoms with Gasteiger partial charge in [-0.3, -0.25) is 4.79 Å². The van der Waals surface area contributed by atoms with Crippen molar-refractivity contribution < 1.29 is 9.53 Å². The molecule has 0 spiro atoms. The molecule has 0 unspecified atom stereocenters. The van der Waals surface area contributed by atoms with E-state index in [-0.39, 0.29) is 12.1 Å². The zero-order valence-corrected chi connectivity index (χ0v) is 7.52. The van der Waals surface area contributed by atoms with Crippen molar-refractivity contribution in [2.75, 3.05) is 0 Å². The first-order valence-corrected chi connectivity index (χ1v) is 3.86. The molecule has 0 heterocycles. The first-order valence-electron chi connectivity index (χ1n) is 3.86. The molecule has 11 heavy (non-hydrogen) atoms. The molecule has 0 atom stereocenters. The van der Waals surface area contributed by atoms with Gasteiger partial charge in [0.05, 0.1) is 6.10 Å². The van der Waals surface area contributed by atoms with Crippen LogP contribution in [0.4, 0.5) is 0 Å². The second-order valence-corrected chi connectivity index (χ2v) is 3.00. The SMILES string of the molecule is C=C(C)CCC(=O)OC(C)C. The molecule has 0 aliphatic heterocycles. The lowest BCUT2D eigenvalue weighted by Gasteiger charge is -2.06. The molecule has 2 heteroatoms. The maximum atomic E-state index is 10.9. The third-order valence-corrected chi connectivity index (χ3v) is 1.12. The Bertz CT molecular complexity index is 148. The number of rotatable bonds is 4. The van der Waals surface area contributed by atoms with Crippen LogP contribution in [0.3, 0.4) is 0 Å². The van der Waals surface area contributed by atoms with Crippen LogP contribution in [0.2, 0.25) is 0 Å². The molecule has 0 aliphatic rings. The van der Waals surface area contributed by atoms with Crippen molar-refractivity contribution in [3.8, 4) is 0 Å². The van der Waals surface area contributed by atoms with Gasteiger partial charge in [-0.2, -0.15) is 0 Å². The van der Waals surface area contributed by atoms with E-state index >= 15 is 0 Å². The fourth-order valence-corrected chi connectivity index (χ4v) is 0.637. The Hall–Kier alpha value is -0.790. The van der Waals surface area contributed by atoms with Gasteiger partial charge in [-0.15, -0.1) is 6.58 Å². The predicted octanol–water partition coefficient (Wildman–Crippen LogP) is 2.29. The van der Waals surface area contributed by atoms with Crippen LogP contribution in [-0.4, -0.2) is 12.1 Å². The van der Waals surface area contributed by atoms with E-state index in [1.54, 1.807) is 0 Å². The van der Waals surface area contributed by atoms with E-state index < -0.39 is 0 Å². The van der Waals surface area contributed by atoms with Crippen molar-refractivity contribution in [2.45, 2.75) is 39.7 Å². The van der Waals surface area contributed by atoms with Gasteiger partial charge in [-0.1, -0.05) is 5.57 Å². The van der Waals surface area contributed by atoms with Crippen molar-refractivity contribution >= 4 is 5.97 Å². The summed E-state index contributed by atoms with van der Waals surface area (Å²) >= 11 is 0. The monoisotopic (exact) mass is 156 g/mol. The summed E-state index contributed by atoms with van der Waals surface area (Å²) < 4.78 is 4.92. The fraction of sp³-hybridized carbons (Fsp3) is 0.667. The van der Waals surface area contributed by atoms with Crippen molar-refractivity contribution in [2.24, 2.45) is 0 Å². The van der Waals surface area contributed by atoms with E-state index in [9.17, 15) is 4.79 Å². The smallest absolute Gasteiger partial charge is 0.306 e. The van der Waals surface area contributed by atoms with Crippen molar-refractivity contribution in [1.82, 2.24) is 0 Å². The van der Waals surface area contributed by atoms with E-state index in [4.69, 9.17) is 4.74 Å². The quantitative estimate of drug-likeness (QED) is 0.461. The molecule has 0 aromatic heterocycles. The van der Waals surface area contributed by atoms with Gasteiger partial charge >= 0.3 is 5.97 Å². The zero-order chi connectivity index (χ0) is 8.85. The lowest BCUT2D eigenvalue weighted by atomic mass is 10.2. The molecule has 0 amide bonds. The van der Waals surface area contributed by atoms with Crippen LogP contribution in [0.1, 0.15) is 33.6 Å². The highest BCUT2D eigenvalue weighted by Gasteiger charge is 2.03. The second-order valence-electron chi connectivity index (χ2n) is 3.00. The Kier molecular flexibility index (Phi) is 4.59. The normalized spacial score (nSPS) is 9.82. The summed E-state index contributed by atoms with van der Waals surface area (Å²) in [5, 5.41) is 0. The summed E-state index contributed by atoms with van der Waals surface area (Å²) in [5.41, 5.74) is 1.02. The number of hydrogen-bond acceptors (Lipinski definition) is 2. The molecule has 0 aliphatic carbocycles. The number of esters is 1. The first kappa shape index (κ1) is 10.2. The summed E-state index contributed by atoms with van der Waals surface area (Å²) in [5.74, 6) is -0.136. The highest BCUT2D eigenvalue weighted by molar-refractivity contribution is 5.69. The van der Waals surface area contributed by atoms with Crippen LogP contribution < -0.4 is 0 Å². The largest absolute Gasteiger partial charge is 0.463 e. The molecule has 2 nitrogen and oxygen atoms in total. The molecule has 0 fully saturated rings. The maximum absolute atomic E-state index is 10.9. The van der Waals surface area contributed by atoms with E-state index in [1.807, 2.05) is 20.8 Å². The molecular weight excluding hydrogens is 140 g/mol. The third-order valence-electron chi connectivity index (χ3n) is 1.12. The topological polar surface area (TPSA) is 26.3 Å². The Balaban J connectivity index is 3.45. The van der Waals surface area contributed by atoms with Crippen LogP contribution in [0.5, 0.6) is 0 Å². The van der Waals surface area contributed by atoms with Crippen LogP contribution in [-0.2, 0) is 9.53 Å². The van der Waals surface area contributed by atoms with E-state index in [0.29, 0.717) is 6.42 Å². The van der Waals surface area contributed by atoms with Gasteiger partial charge in [0.2, 0.25) is 0 Å². The standard InChI is InChI=1S/C9H16O2/c1-7(2)5-6-9(10)11-8(3)4/h8H,1,5-6H2,2-4H3. The summed E-state index contributed by atoms with van der Waals surface area (Å²) in [4.78, 5) is 10.9. The lowest BCUT2D eigenvalue weighted by molar-refractivity contribution is -0.147.